The molecule has 0 aromatic carbocycles. The van der Waals surface area contributed by atoms with Gasteiger partial charge in [-0.3, -0.25) is 4.79 Å². The van der Waals surface area contributed by atoms with Crippen molar-refractivity contribution >= 4 is 11.9 Å². The van der Waals surface area contributed by atoms with E-state index in [0.29, 0.717) is 4.48 Å². The van der Waals surface area contributed by atoms with Crippen LogP contribution in [0.4, 0.5) is 0 Å². The number of nitrogens with zero attached hydrogens (tertiary/aromatic N) is 2. The molecule has 0 atom stereocenters. The molecule has 1 N–H and O–H groups in total. The van der Waals surface area contributed by atoms with Crippen LogP contribution in [0.3, 0.4) is 0 Å². The zero-order valence-electron chi connectivity index (χ0n) is 17.6. The van der Waals surface area contributed by atoms with Gasteiger partial charge in [-0.1, -0.05) is 51.9 Å². The molecule has 6 heteroatoms. The second kappa shape index (κ2) is 19.2. The summed E-state index contributed by atoms with van der Waals surface area (Å²) in [6.07, 6.45) is 11.4. The van der Waals surface area contributed by atoms with E-state index in [1.54, 1.807) is 21.1 Å². The van der Waals surface area contributed by atoms with E-state index in [1.807, 2.05) is 0 Å². The van der Waals surface area contributed by atoms with E-state index >= 15 is 0 Å². The molecule has 0 saturated carbocycles. The Morgan fingerprint density at radius 2 is 1.28 bits per heavy atom. The molecule has 0 aromatic heterocycles. The smallest absolute Gasteiger partial charge is 0.300 e. The maximum absolute atomic E-state index is 9.89. The Hall–Kier alpha value is -1.14. The van der Waals surface area contributed by atoms with Crippen LogP contribution < -0.4 is 5.11 Å². The number of carboxylic acid groups (broad SMARTS) is 2. The summed E-state index contributed by atoms with van der Waals surface area (Å²) < 4.78 is 0.419. The molecule has 0 spiro atoms. The lowest BCUT2D eigenvalue weighted by molar-refractivity contribution is -0.864. The van der Waals surface area contributed by atoms with Crippen LogP contribution in [0, 0.1) is 0 Å². The Labute approximate surface area is 155 Å². The highest BCUT2D eigenvalue weighted by Gasteiger charge is 2.04. The number of likely N-dealkylation sites (N-methyl/N-ethyl adjacent to an activating group) is 1. The van der Waals surface area contributed by atoms with Gasteiger partial charge in [-0.05, 0) is 27.1 Å². The molecule has 6 nitrogen and oxygen atoms in total. The maximum atomic E-state index is 9.89. The van der Waals surface area contributed by atoms with Gasteiger partial charge >= 0.3 is 0 Å². The average Bonchev–Trinajstić information content (AvgIpc) is 2.38. The Morgan fingerprint density at radius 1 is 0.920 bits per heavy atom. The minimum Gasteiger partial charge on any atom is -0.544 e. The van der Waals surface area contributed by atoms with Gasteiger partial charge in [0.2, 0.25) is 0 Å². The van der Waals surface area contributed by atoms with E-state index < -0.39 is 11.9 Å². The number of hydrogen-bond donors (Lipinski definition) is 1. The predicted molar refractivity (Wildman–Crippen MR) is 102 cm³/mol. The van der Waals surface area contributed by atoms with Crippen LogP contribution in [0.15, 0.2) is 0 Å². The lowest BCUT2D eigenvalue weighted by atomic mass is 10.1. The number of rotatable bonds is 11. The molecule has 25 heavy (non-hydrogen) atoms. The van der Waals surface area contributed by atoms with Crippen LogP contribution >= 0.6 is 0 Å². The monoisotopic (exact) mass is 362 g/mol. The first kappa shape index (κ1) is 28.7. The van der Waals surface area contributed by atoms with Gasteiger partial charge in [-0.2, -0.15) is 0 Å². The number of hydrogen-bond acceptors (Lipinski definition) is 4. The van der Waals surface area contributed by atoms with Crippen LogP contribution in [-0.2, 0) is 9.59 Å². The van der Waals surface area contributed by atoms with Gasteiger partial charge in [-0.15, -0.1) is 0 Å². The minimum atomic E-state index is -1.00. The van der Waals surface area contributed by atoms with Gasteiger partial charge in [-0.25, -0.2) is 0 Å². The molecule has 0 aliphatic rings. The normalized spacial score (nSPS) is 10.4. The van der Waals surface area contributed by atoms with Gasteiger partial charge < -0.3 is 24.4 Å². The Kier molecular flexibility index (Phi) is 22.0. The molecular weight excluding hydrogens is 320 g/mol. The molecule has 0 unspecified atom stereocenters. The Balaban J connectivity index is -0.000000342. The van der Waals surface area contributed by atoms with E-state index in [0.717, 1.165) is 6.92 Å². The van der Waals surface area contributed by atoms with Crippen molar-refractivity contribution in [3.63, 3.8) is 0 Å². The van der Waals surface area contributed by atoms with Crippen LogP contribution in [0.5, 0.6) is 0 Å². The largest absolute Gasteiger partial charge is 0.544 e. The summed E-state index contributed by atoms with van der Waals surface area (Å²) in [5, 5.41) is 17.3. The molecule has 152 valence electrons. The maximum Gasteiger partial charge on any atom is 0.300 e. The van der Waals surface area contributed by atoms with E-state index in [1.165, 1.54) is 57.9 Å². The van der Waals surface area contributed by atoms with E-state index in [4.69, 9.17) is 9.90 Å². The number of aliphatic carboxylic acids is 2. The van der Waals surface area contributed by atoms with Crippen molar-refractivity contribution in [1.82, 2.24) is 4.90 Å². The fourth-order valence-corrected chi connectivity index (χ4v) is 1.95. The molecule has 0 aliphatic carbocycles. The third kappa shape index (κ3) is 51.8. The summed E-state index contributed by atoms with van der Waals surface area (Å²) in [4.78, 5) is 21.2. The quantitative estimate of drug-likeness (QED) is 0.450. The fraction of sp³-hybridized carbons (Fsp3) is 0.895. The van der Waals surface area contributed by atoms with Crippen molar-refractivity contribution in [2.75, 3.05) is 48.3 Å². The highest BCUT2D eigenvalue weighted by Crippen LogP contribution is 2.08. The van der Waals surface area contributed by atoms with Crippen molar-refractivity contribution in [2.45, 2.75) is 65.2 Å². The molecule has 0 bridgehead atoms. The van der Waals surface area contributed by atoms with Crippen LogP contribution in [-0.4, -0.2) is 74.8 Å². The Bertz CT molecular complexity index is 309. The second-order valence-electron chi connectivity index (χ2n) is 7.62. The zero-order chi connectivity index (χ0) is 20.3. The molecule has 0 radical (unpaired) electrons. The molecule has 0 aliphatic heterocycles. The average molecular weight is 363 g/mol. The summed E-state index contributed by atoms with van der Waals surface area (Å²) in [6, 6.07) is 0. The molecule has 0 saturated heterocycles. The summed E-state index contributed by atoms with van der Waals surface area (Å²) in [5.41, 5.74) is 0. The number of quaternary nitrogens is 1. The summed E-state index contributed by atoms with van der Waals surface area (Å²) in [6.45, 7) is 4.69. The first-order chi connectivity index (χ1) is 11.4. The molecule has 0 aromatic rings. The third-order valence-electron chi connectivity index (χ3n) is 3.06. The van der Waals surface area contributed by atoms with Crippen LogP contribution in [0.25, 0.3) is 0 Å². The second-order valence-corrected chi connectivity index (χ2v) is 7.62. The van der Waals surface area contributed by atoms with Crippen molar-refractivity contribution < 1.29 is 24.3 Å². The summed E-state index contributed by atoms with van der Waals surface area (Å²) in [7, 11) is 9.71. The van der Waals surface area contributed by atoms with Gasteiger partial charge in [0.05, 0.1) is 27.1 Å². The van der Waals surface area contributed by atoms with Gasteiger partial charge in [0.25, 0.3) is 5.97 Å². The lowest BCUT2D eigenvalue weighted by Crippen LogP contribution is -2.45. The predicted octanol–water partition coefficient (Wildman–Crippen LogP) is 2.22. The molecule has 0 heterocycles. The van der Waals surface area contributed by atoms with Crippen LogP contribution in [0.1, 0.15) is 65.2 Å². The Morgan fingerprint density at radius 3 is 1.52 bits per heavy atom. The number of carbonyl (C=O) groups is 2. The van der Waals surface area contributed by atoms with Crippen LogP contribution in [0.2, 0.25) is 0 Å². The molecular formula is C19H42N2O4. The standard InChI is InChI=1S/C12H27N.C5H11NO2.C2H4O2/c1-4-5-6-7-8-9-10-11-12-13(2)3;1-6(2,3)4-5(7)8;1-2(3)4/h4-12H2,1-3H3;4H2,1-3H3;1H3,(H,3,4). The van der Waals surface area contributed by atoms with Gasteiger partial charge in [0.1, 0.15) is 6.54 Å². The van der Waals surface area contributed by atoms with E-state index in [-0.39, 0.29) is 6.54 Å². The topological polar surface area (TPSA) is 80.7 Å². The summed E-state index contributed by atoms with van der Waals surface area (Å²) in [5.74, 6) is -1.84. The van der Waals surface area contributed by atoms with Gasteiger partial charge in [0, 0.05) is 6.92 Å². The first-order valence-electron chi connectivity index (χ1n) is 9.27. The SMILES string of the molecule is CC(=O)O.CCCCCCCCCCN(C)C.C[N+](C)(C)CC(=O)[O-]. The van der Waals surface area contributed by atoms with Crippen molar-refractivity contribution in [3.8, 4) is 0 Å². The number of carbonyl (C=O) groups excluding carboxylic acids is 1. The highest BCUT2D eigenvalue weighted by molar-refractivity contribution is 5.65. The lowest BCUT2D eigenvalue weighted by Gasteiger charge is -2.23. The fourth-order valence-electron chi connectivity index (χ4n) is 1.95. The van der Waals surface area contributed by atoms with E-state index in [2.05, 4.69) is 25.9 Å². The summed E-state index contributed by atoms with van der Waals surface area (Å²) >= 11 is 0. The zero-order valence-corrected chi connectivity index (χ0v) is 17.6. The van der Waals surface area contributed by atoms with Gasteiger partial charge in [0.15, 0.2) is 0 Å². The van der Waals surface area contributed by atoms with Crippen molar-refractivity contribution in [3.05, 3.63) is 0 Å². The highest BCUT2D eigenvalue weighted by atomic mass is 16.4. The minimum absolute atomic E-state index is 0.0694. The molecule has 0 fully saturated rings. The number of carboxylic acids is 2. The third-order valence-corrected chi connectivity index (χ3v) is 3.06. The van der Waals surface area contributed by atoms with E-state index in [9.17, 15) is 9.90 Å². The first-order valence-corrected chi connectivity index (χ1v) is 9.27. The van der Waals surface area contributed by atoms with Crippen molar-refractivity contribution in [2.24, 2.45) is 0 Å². The number of unbranched alkanes of at least 4 members (excludes halogenated alkanes) is 7. The molecule has 0 amide bonds. The molecule has 0 rings (SSSR count). The van der Waals surface area contributed by atoms with Crippen molar-refractivity contribution in [1.29, 1.82) is 0 Å².